The molecule has 31 heavy (non-hydrogen) atoms. The summed E-state index contributed by atoms with van der Waals surface area (Å²) in [4.78, 5) is 23.8. The summed E-state index contributed by atoms with van der Waals surface area (Å²) in [7, 11) is 0. The molecule has 0 saturated heterocycles. The molecule has 0 aliphatic carbocycles. The third kappa shape index (κ3) is 9.37. The smallest absolute Gasteiger partial charge is 0.306 e. The third-order valence-corrected chi connectivity index (χ3v) is 5.35. The van der Waals surface area contributed by atoms with E-state index in [1.54, 1.807) is 0 Å². The summed E-state index contributed by atoms with van der Waals surface area (Å²) in [6.07, 6.45) is 2.99. The van der Waals surface area contributed by atoms with Crippen LogP contribution >= 0.6 is 0 Å². The molecule has 0 N–H and O–H groups in total. The van der Waals surface area contributed by atoms with Crippen molar-refractivity contribution in [3.05, 3.63) is 70.8 Å². The standard InChI is InChI=1S/C27H36O4/c1-20(2)24-14-10-22(11-15-24)18-30-26(28)8-6-5-7-9-27(29)31-19-23-12-16-25(17-13-23)21(3)4/h10-17,20-21H,5-9,18-19H2,1-4H3. The first-order valence-corrected chi connectivity index (χ1v) is 11.3. The molecule has 0 unspecified atom stereocenters. The average molecular weight is 425 g/mol. The molecular weight excluding hydrogens is 388 g/mol. The van der Waals surface area contributed by atoms with Crippen molar-refractivity contribution in [3.63, 3.8) is 0 Å². The highest BCUT2D eigenvalue weighted by atomic mass is 16.5. The van der Waals surface area contributed by atoms with Gasteiger partial charge >= 0.3 is 11.9 Å². The van der Waals surface area contributed by atoms with Gasteiger partial charge < -0.3 is 9.47 Å². The number of esters is 2. The largest absolute Gasteiger partial charge is 0.461 e. The fraction of sp³-hybridized carbons (Fsp3) is 0.481. The van der Waals surface area contributed by atoms with Gasteiger partial charge in [0.1, 0.15) is 13.2 Å². The number of hydrogen-bond acceptors (Lipinski definition) is 4. The van der Waals surface area contributed by atoms with Crippen LogP contribution in [-0.4, -0.2) is 11.9 Å². The molecule has 168 valence electrons. The van der Waals surface area contributed by atoms with Crippen LogP contribution in [0.1, 0.15) is 93.9 Å². The number of unbranched alkanes of at least 4 members (excludes halogenated alkanes) is 2. The second-order valence-electron chi connectivity index (χ2n) is 8.67. The predicted molar refractivity (Wildman–Crippen MR) is 124 cm³/mol. The number of rotatable bonds is 12. The summed E-state index contributed by atoms with van der Waals surface area (Å²) in [6, 6.07) is 16.3. The predicted octanol–water partition coefficient (Wildman–Crippen LogP) is 6.67. The van der Waals surface area contributed by atoms with Gasteiger partial charge in [-0.1, -0.05) is 82.6 Å². The highest BCUT2D eigenvalue weighted by molar-refractivity contribution is 5.70. The second-order valence-corrected chi connectivity index (χ2v) is 8.67. The first-order chi connectivity index (χ1) is 14.8. The Bertz CT molecular complexity index is 735. The topological polar surface area (TPSA) is 52.6 Å². The molecule has 0 amide bonds. The van der Waals surface area contributed by atoms with Gasteiger partial charge in [-0.2, -0.15) is 0 Å². The van der Waals surface area contributed by atoms with Crippen molar-refractivity contribution < 1.29 is 19.1 Å². The Balaban J connectivity index is 1.53. The number of carbonyl (C=O) groups excluding carboxylic acids is 2. The Hall–Kier alpha value is -2.62. The lowest BCUT2D eigenvalue weighted by Gasteiger charge is -2.08. The van der Waals surface area contributed by atoms with Crippen LogP contribution in [0, 0.1) is 0 Å². The van der Waals surface area contributed by atoms with Gasteiger partial charge in [-0.15, -0.1) is 0 Å². The molecule has 0 spiro atoms. The van der Waals surface area contributed by atoms with E-state index in [1.165, 1.54) is 11.1 Å². The van der Waals surface area contributed by atoms with Crippen LogP contribution in [0.2, 0.25) is 0 Å². The summed E-state index contributed by atoms with van der Waals surface area (Å²) in [6.45, 7) is 9.23. The second kappa shape index (κ2) is 12.9. The lowest BCUT2D eigenvalue weighted by atomic mass is 10.0. The molecule has 2 aromatic carbocycles. The fourth-order valence-electron chi connectivity index (χ4n) is 3.18. The van der Waals surface area contributed by atoms with Crippen LogP contribution in [0.25, 0.3) is 0 Å². The molecule has 0 aliphatic rings. The van der Waals surface area contributed by atoms with Crippen LogP contribution in [0.4, 0.5) is 0 Å². The van der Waals surface area contributed by atoms with Gasteiger partial charge in [-0.25, -0.2) is 0 Å². The van der Waals surface area contributed by atoms with Crippen molar-refractivity contribution in [2.24, 2.45) is 0 Å². The van der Waals surface area contributed by atoms with E-state index in [4.69, 9.17) is 9.47 Å². The fourth-order valence-corrected chi connectivity index (χ4v) is 3.18. The lowest BCUT2D eigenvalue weighted by molar-refractivity contribution is -0.145. The number of hydrogen-bond donors (Lipinski definition) is 0. The molecule has 0 aromatic heterocycles. The van der Waals surface area contributed by atoms with Gasteiger partial charge in [-0.05, 0) is 46.9 Å². The van der Waals surface area contributed by atoms with Crippen LogP contribution in [0.5, 0.6) is 0 Å². The molecule has 0 heterocycles. The molecule has 0 saturated carbocycles. The van der Waals surface area contributed by atoms with Crippen LogP contribution in [0.15, 0.2) is 48.5 Å². The summed E-state index contributed by atoms with van der Waals surface area (Å²) in [5.41, 5.74) is 4.55. The zero-order chi connectivity index (χ0) is 22.6. The Kier molecular flexibility index (Phi) is 10.3. The zero-order valence-corrected chi connectivity index (χ0v) is 19.4. The monoisotopic (exact) mass is 424 g/mol. The molecule has 0 radical (unpaired) electrons. The Labute approximate surface area is 187 Å². The summed E-state index contributed by atoms with van der Waals surface area (Å²) in [5, 5.41) is 0. The molecule has 2 rings (SSSR count). The molecule has 4 heteroatoms. The normalized spacial score (nSPS) is 11.0. The van der Waals surface area contributed by atoms with E-state index < -0.39 is 0 Å². The van der Waals surface area contributed by atoms with Crippen molar-refractivity contribution >= 4 is 11.9 Å². The first-order valence-electron chi connectivity index (χ1n) is 11.3. The summed E-state index contributed by atoms with van der Waals surface area (Å²) < 4.78 is 10.7. The van der Waals surface area contributed by atoms with Gasteiger partial charge in [0.25, 0.3) is 0 Å². The third-order valence-electron chi connectivity index (χ3n) is 5.35. The lowest BCUT2D eigenvalue weighted by Crippen LogP contribution is -2.06. The minimum absolute atomic E-state index is 0.194. The quantitative estimate of drug-likeness (QED) is 0.282. The van der Waals surface area contributed by atoms with E-state index in [1.807, 2.05) is 24.3 Å². The number of ether oxygens (including phenoxy) is 2. The van der Waals surface area contributed by atoms with Crippen molar-refractivity contribution in [1.29, 1.82) is 0 Å². The summed E-state index contributed by atoms with van der Waals surface area (Å²) in [5.74, 6) is 0.594. The maximum Gasteiger partial charge on any atom is 0.306 e. The molecule has 4 nitrogen and oxygen atoms in total. The van der Waals surface area contributed by atoms with Crippen molar-refractivity contribution in [3.8, 4) is 0 Å². The van der Waals surface area contributed by atoms with Crippen LogP contribution in [-0.2, 0) is 32.3 Å². The average Bonchev–Trinajstić information content (AvgIpc) is 2.76. The van der Waals surface area contributed by atoms with E-state index in [2.05, 4.69) is 52.0 Å². The van der Waals surface area contributed by atoms with E-state index in [-0.39, 0.29) is 11.9 Å². The number of benzene rings is 2. The van der Waals surface area contributed by atoms with E-state index >= 15 is 0 Å². The van der Waals surface area contributed by atoms with Crippen LogP contribution < -0.4 is 0 Å². The van der Waals surface area contributed by atoms with Crippen molar-refractivity contribution in [2.75, 3.05) is 0 Å². The van der Waals surface area contributed by atoms with Crippen molar-refractivity contribution in [2.45, 2.75) is 84.8 Å². The maximum absolute atomic E-state index is 11.9. The molecule has 0 bridgehead atoms. The first kappa shape index (κ1) is 24.6. The molecular formula is C27H36O4. The van der Waals surface area contributed by atoms with E-state index in [0.29, 0.717) is 37.9 Å². The van der Waals surface area contributed by atoms with Gasteiger partial charge in [0, 0.05) is 12.8 Å². The van der Waals surface area contributed by atoms with Gasteiger partial charge in [0.2, 0.25) is 0 Å². The summed E-state index contributed by atoms with van der Waals surface area (Å²) >= 11 is 0. The Morgan fingerprint density at radius 2 is 0.968 bits per heavy atom. The molecule has 0 fully saturated rings. The SMILES string of the molecule is CC(C)c1ccc(COC(=O)CCCCCC(=O)OCc2ccc(C(C)C)cc2)cc1. The van der Waals surface area contributed by atoms with E-state index in [0.717, 1.165) is 30.4 Å². The van der Waals surface area contributed by atoms with Gasteiger partial charge in [-0.3, -0.25) is 9.59 Å². The van der Waals surface area contributed by atoms with Crippen LogP contribution in [0.3, 0.4) is 0 Å². The molecule has 0 atom stereocenters. The highest BCUT2D eigenvalue weighted by Crippen LogP contribution is 2.16. The zero-order valence-electron chi connectivity index (χ0n) is 19.4. The highest BCUT2D eigenvalue weighted by Gasteiger charge is 2.07. The Morgan fingerprint density at radius 3 is 1.29 bits per heavy atom. The number of carbonyl (C=O) groups is 2. The minimum Gasteiger partial charge on any atom is -0.461 e. The van der Waals surface area contributed by atoms with E-state index in [9.17, 15) is 9.59 Å². The minimum atomic E-state index is -0.194. The van der Waals surface area contributed by atoms with Crippen molar-refractivity contribution in [1.82, 2.24) is 0 Å². The van der Waals surface area contributed by atoms with Gasteiger partial charge in [0.15, 0.2) is 0 Å². The Morgan fingerprint density at radius 1 is 0.613 bits per heavy atom. The molecule has 2 aromatic rings. The maximum atomic E-state index is 11.9. The van der Waals surface area contributed by atoms with Gasteiger partial charge in [0.05, 0.1) is 0 Å². The molecule has 0 aliphatic heterocycles.